The van der Waals surface area contributed by atoms with Gasteiger partial charge in [0.15, 0.2) is 0 Å². The molecule has 1 nitrogen and oxygen atoms in total. The monoisotopic (exact) mass is 219 g/mol. The third-order valence-electron chi connectivity index (χ3n) is 3.44. The van der Waals surface area contributed by atoms with Crippen molar-refractivity contribution in [2.24, 2.45) is 5.92 Å². The van der Waals surface area contributed by atoms with E-state index in [0.717, 1.165) is 12.5 Å². The van der Waals surface area contributed by atoms with Crippen LogP contribution in [0.4, 0.5) is 0 Å². The van der Waals surface area contributed by atoms with Crippen LogP contribution in [0.1, 0.15) is 50.8 Å². The zero-order valence-electron chi connectivity index (χ0n) is 11.1. The quantitative estimate of drug-likeness (QED) is 0.760. The lowest BCUT2D eigenvalue weighted by atomic mass is 10.0. The zero-order chi connectivity index (χ0) is 12.0. The van der Waals surface area contributed by atoms with Crippen LogP contribution in [0.25, 0.3) is 0 Å². The van der Waals surface area contributed by atoms with E-state index in [1.165, 1.54) is 24.0 Å². The molecule has 0 saturated carbocycles. The van der Waals surface area contributed by atoms with Crippen molar-refractivity contribution in [2.45, 2.75) is 46.6 Å². The van der Waals surface area contributed by atoms with Gasteiger partial charge in [-0.25, -0.2) is 0 Å². The first-order valence-electron chi connectivity index (χ1n) is 6.47. The summed E-state index contributed by atoms with van der Waals surface area (Å²) in [4.78, 5) is 0. The maximum Gasteiger partial charge on any atom is 0.0291 e. The Morgan fingerprint density at radius 2 is 1.62 bits per heavy atom. The Labute approximate surface area is 100 Å². The van der Waals surface area contributed by atoms with Crippen LogP contribution in [-0.2, 0) is 0 Å². The largest absolute Gasteiger partial charge is 0.310 e. The Balaban J connectivity index is 2.46. The van der Waals surface area contributed by atoms with Gasteiger partial charge in [0.05, 0.1) is 0 Å². The van der Waals surface area contributed by atoms with Crippen molar-refractivity contribution < 1.29 is 0 Å². The molecule has 1 heteroatoms. The Bertz CT molecular complexity index is 285. The number of benzene rings is 1. The van der Waals surface area contributed by atoms with E-state index in [0.29, 0.717) is 6.04 Å². The molecule has 1 rings (SSSR count). The molecule has 1 atom stereocenters. The first-order chi connectivity index (χ1) is 7.67. The first kappa shape index (κ1) is 13.2. The maximum atomic E-state index is 3.62. The zero-order valence-corrected chi connectivity index (χ0v) is 11.1. The summed E-state index contributed by atoms with van der Waals surface area (Å²) < 4.78 is 0. The highest BCUT2D eigenvalue weighted by molar-refractivity contribution is 5.23. The minimum atomic E-state index is 0.459. The highest BCUT2D eigenvalue weighted by atomic mass is 14.9. The van der Waals surface area contributed by atoms with Gasteiger partial charge in [0.25, 0.3) is 0 Å². The fourth-order valence-electron chi connectivity index (χ4n) is 1.89. The summed E-state index contributed by atoms with van der Waals surface area (Å²) in [6, 6.07) is 9.27. The van der Waals surface area contributed by atoms with E-state index >= 15 is 0 Å². The van der Waals surface area contributed by atoms with E-state index in [4.69, 9.17) is 0 Å². The van der Waals surface area contributed by atoms with Gasteiger partial charge in [0, 0.05) is 6.04 Å². The van der Waals surface area contributed by atoms with Crippen molar-refractivity contribution in [3.05, 3.63) is 35.4 Å². The minimum absolute atomic E-state index is 0.459. The molecule has 90 valence electrons. The summed E-state index contributed by atoms with van der Waals surface area (Å²) in [6.45, 7) is 10.0. The summed E-state index contributed by atoms with van der Waals surface area (Å²) in [5, 5.41) is 3.62. The third kappa shape index (κ3) is 3.97. The van der Waals surface area contributed by atoms with E-state index in [1.54, 1.807) is 0 Å². The SMILES string of the molecule is CCC(CC)CN[C@H](C)c1ccc(C)cc1. The van der Waals surface area contributed by atoms with Gasteiger partial charge in [-0.05, 0) is 31.9 Å². The van der Waals surface area contributed by atoms with Gasteiger partial charge in [-0.15, -0.1) is 0 Å². The molecule has 1 N–H and O–H groups in total. The molecule has 0 spiro atoms. The molecule has 0 aromatic heterocycles. The van der Waals surface area contributed by atoms with Crippen LogP contribution in [0.3, 0.4) is 0 Å². The van der Waals surface area contributed by atoms with Crippen LogP contribution in [0.5, 0.6) is 0 Å². The molecule has 0 radical (unpaired) electrons. The topological polar surface area (TPSA) is 12.0 Å². The molecule has 0 saturated heterocycles. The van der Waals surface area contributed by atoms with Gasteiger partial charge in [-0.1, -0.05) is 56.5 Å². The average Bonchev–Trinajstić information content (AvgIpc) is 2.31. The molecule has 16 heavy (non-hydrogen) atoms. The second-order valence-corrected chi connectivity index (χ2v) is 4.72. The molecule has 0 unspecified atom stereocenters. The lowest BCUT2D eigenvalue weighted by Gasteiger charge is -2.19. The normalized spacial score (nSPS) is 13.1. The van der Waals surface area contributed by atoms with Crippen molar-refractivity contribution in [1.29, 1.82) is 0 Å². The Hall–Kier alpha value is -0.820. The highest BCUT2D eigenvalue weighted by Crippen LogP contribution is 2.14. The summed E-state index contributed by atoms with van der Waals surface area (Å²) in [7, 11) is 0. The molecule has 1 aromatic carbocycles. The van der Waals surface area contributed by atoms with E-state index < -0.39 is 0 Å². The number of aryl methyl sites for hydroxylation is 1. The molecule has 1 aromatic rings. The molecule has 0 aliphatic rings. The molecular weight excluding hydrogens is 194 g/mol. The second kappa shape index (κ2) is 6.70. The molecule has 0 bridgehead atoms. The van der Waals surface area contributed by atoms with Crippen LogP contribution in [0, 0.1) is 12.8 Å². The van der Waals surface area contributed by atoms with Crippen LogP contribution in [0.15, 0.2) is 24.3 Å². The highest BCUT2D eigenvalue weighted by Gasteiger charge is 2.07. The van der Waals surface area contributed by atoms with Crippen molar-refractivity contribution >= 4 is 0 Å². The Kier molecular flexibility index (Phi) is 5.54. The van der Waals surface area contributed by atoms with Crippen LogP contribution in [0.2, 0.25) is 0 Å². The standard InChI is InChI=1S/C15H25N/c1-5-14(6-2)11-16-13(4)15-9-7-12(3)8-10-15/h7-10,13-14,16H,5-6,11H2,1-4H3/t13-/m1/s1. The summed E-state index contributed by atoms with van der Waals surface area (Å²) in [5.74, 6) is 0.813. The molecule has 0 aliphatic carbocycles. The molecule has 0 amide bonds. The number of hydrogen-bond donors (Lipinski definition) is 1. The predicted octanol–water partition coefficient (Wildman–Crippen LogP) is 4.08. The van der Waals surface area contributed by atoms with E-state index in [1.807, 2.05) is 0 Å². The van der Waals surface area contributed by atoms with Gasteiger partial charge >= 0.3 is 0 Å². The summed E-state index contributed by atoms with van der Waals surface area (Å²) in [6.07, 6.45) is 2.54. The lowest BCUT2D eigenvalue weighted by molar-refractivity contribution is 0.422. The van der Waals surface area contributed by atoms with Crippen LogP contribution in [-0.4, -0.2) is 6.54 Å². The second-order valence-electron chi connectivity index (χ2n) is 4.72. The lowest BCUT2D eigenvalue weighted by Crippen LogP contribution is -2.25. The minimum Gasteiger partial charge on any atom is -0.310 e. The van der Waals surface area contributed by atoms with Crippen molar-refractivity contribution in [3.63, 3.8) is 0 Å². The summed E-state index contributed by atoms with van der Waals surface area (Å²) >= 11 is 0. The van der Waals surface area contributed by atoms with Gasteiger partial charge in [0.1, 0.15) is 0 Å². The van der Waals surface area contributed by atoms with Crippen molar-refractivity contribution in [2.75, 3.05) is 6.54 Å². The van der Waals surface area contributed by atoms with Gasteiger partial charge < -0.3 is 5.32 Å². The van der Waals surface area contributed by atoms with E-state index in [9.17, 15) is 0 Å². The van der Waals surface area contributed by atoms with Crippen molar-refractivity contribution in [3.8, 4) is 0 Å². The van der Waals surface area contributed by atoms with Gasteiger partial charge in [0.2, 0.25) is 0 Å². The van der Waals surface area contributed by atoms with Crippen LogP contribution < -0.4 is 5.32 Å². The molecule has 0 heterocycles. The van der Waals surface area contributed by atoms with Gasteiger partial charge in [-0.2, -0.15) is 0 Å². The first-order valence-corrected chi connectivity index (χ1v) is 6.47. The van der Waals surface area contributed by atoms with E-state index in [-0.39, 0.29) is 0 Å². The third-order valence-corrected chi connectivity index (χ3v) is 3.44. The fourth-order valence-corrected chi connectivity index (χ4v) is 1.89. The maximum absolute atomic E-state index is 3.62. The van der Waals surface area contributed by atoms with Gasteiger partial charge in [-0.3, -0.25) is 0 Å². The summed E-state index contributed by atoms with van der Waals surface area (Å²) in [5.41, 5.74) is 2.72. The molecule has 0 fully saturated rings. The molecule has 0 aliphatic heterocycles. The Morgan fingerprint density at radius 3 is 2.12 bits per heavy atom. The smallest absolute Gasteiger partial charge is 0.0291 e. The number of rotatable bonds is 6. The number of nitrogens with one attached hydrogen (secondary N) is 1. The van der Waals surface area contributed by atoms with Crippen LogP contribution >= 0.6 is 0 Å². The fraction of sp³-hybridized carbons (Fsp3) is 0.600. The predicted molar refractivity (Wildman–Crippen MR) is 71.7 cm³/mol. The average molecular weight is 219 g/mol. The number of hydrogen-bond acceptors (Lipinski definition) is 1. The van der Waals surface area contributed by atoms with Crippen molar-refractivity contribution in [1.82, 2.24) is 5.32 Å². The van der Waals surface area contributed by atoms with E-state index in [2.05, 4.69) is 57.3 Å². The Morgan fingerprint density at radius 1 is 1.06 bits per heavy atom. The molecular formula is C15H25N.